The largest absolute Gasteiger partial charge is 0.378 e. The highest BCUT2D eigenvalue weighted by molar-refractivity contribution is 5.79. The summed E-state index contributed by atoms with van der Waals surface area (Å²) in [4.78, 5) is 19.7. The quantitative estimate of drug-likeness (QED) is 0.889. The summed E-state index contributed by atoms with van der Waals surface area (Å²) < 4.78 is 6.00. The lowest BCUT2D eigenvalue weighted by molar-refractivity contribution is -0.144. The summed E-state index contributed by atoms with van der Waals surface area (Å²) in [7, 11) is 0. The molecule has 1 aromatic heterocycles. The number of rotatable bonds is 5. The van der Waals surface area contributed by atoms with Gasteiger partial charge in [-0.25, -0.2) is 0 Å². The maximum Gasteiger partial charge on any atom is 0.223 e. The van der Waals surface area contributed by atoms with Crippen LogP contribution in [-0.4, -0.2) is 54.2 Å². The van der Waals surface area contributed by atoms with Crippen LogP contribution in [0.4, 0.5) is 0 Å². The molecule has 136 valence electrons. The Morgan fingerprint density at radius 1 is 1.28 bits per heavy atom. The number of nitrogens with zero attached hydrogens (tertiary/aromatic N) is 2. The van der Waals surface area contributed by atoms with E-state index in [-0.39, 0.29) is 17.9 Å². The Morgan fingerprint density at radius 3 is 2.96 bits per heavy atom. The smallest absolute Gasteiger partial charge is 0.223 e. The van der Waals surface area contributed by atoms with Gasteiger partial charge >= 0.3 is 0 Å². The molecule has 4 rings (SSSR count). The van der Waals surface area contributed by atoms with Gasteiger partial charge in [-0.2, -0.15) is 0 Å². The summed E-state index contributed by atoms with van der Waals surface area (Å²) in [5, 5.41) is 3.15. The van der Waals surface area contributed by atoms with Crippen LogP contribution in [0.5, 0.6) is 0 Å². The second-order valence-corrected chi connectivity index (χ2v) is 7.70. The monoisotopic (exact) mass is 343 g/mol. The summed E-state index contributed by atoms with van der Waals surface area (Å²) in [6, 6.07) is 6.68. The van der Waals surface area contributed by atoms with Gasteiger partial charge in [-0.3, -0.25) is 14.7 Å². The van der Waals surface area contributed by atoms with Crippen molar-refractivity contribution in [2.75, 3.05) is 26.2 Å². The van der Waals surface area contributed by atoms with Gasteiger partial charge < -0.3 is 10.1 Å². The van der Waals surface area contributed by atoms with Crippen LogP contribution in [0.2, 0.25) is 0 Å². The number of hydrogen-bond donors (Lipinski definition) is 1. The molecule has 0 spiro atoms. The van der Waals surface area contributed by atoms with E-state index >= 15 is 0 Å². The molecule has 2 saturated heterocycles. The Morgan fingerprint density at radius 2 is 2.20 bits per heavy atom. The molecule has 1 saturated carbocycles. The van der Waals surface area contributed by atoms with Gasteiger partial charge in [-0.15, -0.1) is 0 Å². The zero-order valence-corrected chi connectivity index (χ0v) is 14.9. The highest BCUT2D eigenvalue weighted by Gasteiger charge is 2.43. The molecule has 1 aromatic rings. The van der Waals surface area contributed by atoms with Gasteiger partial charge in [0.1, 0.15) is 0 Å². The number of hydrogen-bond acceptors (Lipinski definition) is 4. The van der Waals surface area contributed by atoms with Crippen molar-refractivity contribution >= 4 is 5.91 Å². The van der Waals surface area contributed by atoms with Gasteiger partial charge in [0.05, 0.1) is 6.10 Å². The lowest BCUT2D eigenvalue weighted by atomic mass is 9.77. The third-order valence-corrected chi connectivity index (χ3v) is 6.24. The van der Waals surface area contributed by atoms with Gasteiger partial charge in [-0.05, 0) is 37.8 Å². The molecule has 5 heteroatoms. The summed E-state index contributed by atoms with van der Waals surface area (Å²) in [6.45, 7) is 3.56. The van der Waals surface area contributed by atoms with E-state index in [2.05, 4.69) is 15.2 Å². The normalized spacial score (nSPS) is 30.3. The zero-order chi connectivity index (χ0) is 17.1. The standard InChI is InChI=1S/C20H29N3O2/c24-20(22-11-7-15-4-1-2-10-21-15)17-9-13-25-19-8-12-23(14-18(17)19)16-5-3-6-16/h1-2,4,10,16-19H,3,5-9,11-14H2,(H,22,24)/t17-,18-,19-/m1/s1. The molecule has 0 radical (unpaired) electrons. The number of amides is 1. The number of fused-ring (bicyclic) bond motifs is 1. The molecule has 0 unspecified atom stereocenters. The van der Waals surface area contributed by atoms with Crippen molar-refractivity contribution in [1.29, 1.82) is 0 Å². The Labute approximate surface area is 150 Å². The molecule has 2 aliphatic heterocycles. The van der Waals surface area contributed by atoms with Crippen molar-refractivity contribution in [3.8, 4) is 0 Å². The van der Waals surface area contributed by atoms with Crippen LogP contribution in [0, 0.1) is 11.8 Å². The van der Waals surface area contributed by atoms with Crippen LogP contribution >= 0.6 is 0 Å². The van der Waals surface area contributed by atoms with Crippen molar-refractivity contribution in [3.05, 3.63) is 30.1 Å². The van der Waals surface area contributed by atoms with Crippen LogP contribution in [0.3, 0.4) is 0 Å². The molecule has 0 bridgehead atoms. The SMILES string of the molecule is O=C(NCCc1ccccn1)[C@@H]1CCO[C@@H]2CCN(C3CCC3)C[C@@H]21. The van der Waals surface area contributed by atoms with E-state index in [1.807, 2.05) is 18.2 Å². The van der Waals surface area contributed by atoms with Crippen molar-refractivity contribution in [2.45, 2.75) is 50.7 Å². The molecule has 3 fully saturated rings. The van der Waals surface area contributed by atoms with E-state index < -0.39 is 0 Å². The van der Waals surface area contributed by atoms with Crippen molar-refractivity contribution in [2.24, 2.45) is 11.8 Å². The molecule has 25 heavy (non-hydrogen) atoms. The highest BCUT2D eigenvalue weighted by atomic mass is 16.5. The topological polar surface area (TPSA) is 54.5 Å². The van der Waals surface area contributed by atoms with Crippen LogP contribution < -0.4 is 5.32 Å². The third-order valence-electron chi connectivity index (χ3n) is 6.24. The fourth-order valence-electron chi connectivity index (χ4n) is 4.54. The van der Waals surface area contributed by atoms with E-state index in [0.717, 1.165) is 50.7 Å². The van der Waals surface area contributed by atoms with E-state index in [9.17, 15) is 4.79 Å². The van der Waals surface area contributed by atoms with Crippen molar-refractivity contribution in [1.82, 2.24) is 15.2 Å². The number of piperidine rings is 1. The molecular weight excluding hydrogens is 314 g/mol. The van der Waals surface area contributed by atoms with E-state index in [4.69, 9.17) is 4.74 Å². The second-order valence-electron chi connectivity index (χ2n) is 7.70. The fraction of sp³-hybridized carbons (Fsp3) is 0.700. The average Bonchev–Trinajstić information content (AvgIpc) is 2.60. The predicted molar refractivity (Wildman–Crippen MR) is 96.1 cm³/mol. The van der Waals surface area contributed by atoms with Crippen LogP contribution in [0.1, 0.15) is 37.8 Å². The fourth-order valence-corrected chi connectivity index (χ4v) is 4.54. The first-order valence-electron chi connectivity index (χ1n) is 9.84. The van der Waals surface area contributed by atoms with Crippen molar-refractivity contribution < 1.29 is 9.53 Å². The molecular formula is C20H29N3O2. The number of nitrogens with one attached hydrogen (secondary N) is 1. The highest BCUT2D eigenvalue weighted by Crippen LogP contribution is 2.36. The third kappa shape index (κ3) is 3.87. The van der Waals surface area contributed by atoms with Crippen molar-refractivity contribution in [3.63, 3.8) is 0 Å². The number of carbonyl (C=O) groups is 1. The van der Waals surface area contributed by atoms with Crippen LogP contribution in [-0.2, 0) is 16.0 Å². The second kappa shape index (κ2) is 7.83. The first kappa shape index (κ1) is 17.0. The van der Waals surface area contributed by atoms with Gasteiger partial charge in [-0.1, -0.05) is 12.5 Å². The Bertz CT molecular complexity index is 576. The van der Waals surface area contributed by atoms with Gasteiger partial charge in [0, 0.05) is 62.4 Å². The number of likely N-dealkylation sites (tertiary alicyclic amines) is 1. The van der Waals surface area contributed by atoms with Gasteiger partial charge in [0.25, 0.3) is 0 Å². The first-order valence-corrected chi connectivity index (χ1v) is 9.84. The molecule has 3 atom stereocenters. The number of pyridine rings is 1. The van der Waals surface area contributed by atoms with E-state index in [1.54, 1.807) is 6.20 Å². The summed E-state index contributed by atoms with van der Waals surface area (Å²) in [5.41, 5.74) is 1.03. The lowest BCUT2D eigenvalue weighted by Crippen LogP contribution is -2.56. The molecule has 5 nitrogen and oxygen atoms in total. The van der Waals surface area contributed by atoms with Gasteiger partial charge in [0.2, 0.25) is 5.91 Å². The molecule has 3 heterocycles. The Kier molecular flexibility index (Phi) is 5.32. The maximum atomic E-state index is 12.8. The van der Waals surface area contributed by atoms with Crippen LogP contribution in [0.15, 0.2) is 24.4 Å². The first-order chi connectivity index (χ1) is 12.3. The van der Waals surface area contributed by atoms with Crippen LogP contribution in [0.25, 0.3) is 0 Å². The Balaban J connectivity index is 1.32. The minimum Gasteiger partial charge on any atom is -0.378 e. The molecule has 1 N–H and O–H groups in total. The summed E-state index contributed by atoms with van der Waals surface area (Å²) in [5.74, 6) is 0.674. The minimum absolute atomic E-state index is 0.102. The lowest BCUT2D eigenvalue weighted by Gasteiger charge is -2.48. The summed E-state index contributed by atoms with van der Waals surface area (Å²) >= 11 is 0. The average molecular weight is 343 g/mol. The molecule has 1 aliphatic carbocycles. The number of ether oxygens (including phenoxy) is 1. The molecule has 3 aliphatic rings. The zero-order valence-electron chi connectivity index (χ0n) is 14.9. The van der Waals surface area contributed by atoms with E-state index in [1.165, 1.54) is 19.3 Å². The molecule has 1 amide bonds. The maximum absolute atomic E-state index is 12.8. The predicted octanol–water partition coefficient (Wildman–Crippen LogP) is 2.02. The number of aromatic nitrogens is 1. The summed E-state index contributed by atoms with van der Waals surface area (Å²) in [6.07, 6.45) is 8.84. The number of carbonyl (C=O) groups excluding carboxylic acids is 1. The minimum atomic E-state index is 0.102. The van der Waals surface area contributed by atoms with Gasteiger partial charge in [0.15, 0.2) is 0 Å². The molecule has 0 aromatic carbocycles. The Hall–Kier alpha value is -1.46. The van der Waals surface area contributed by atoms with E-state index in [0.29, 0.717) is 12.5 Å².